The average Bonchev–Trinajstić information content (AvgIpc) is 2.52. The first-order valence-corrected chi connectivity index (χ1v) is 8.97. The molecule has 1 aliphatic carbocycles. The minimum absolute atomic E-state index is 0.156. The lowest BCUT2D eigenvalue weighted by molar-refractivity contribution is 0.00715. The highest BCUT2D eigenvalue weighted by atomic mass is 16.3. The van der Waals surface area contributed by atoms with Gasteiger partial charge in [-0.15, -0.1) is 0 Å². The number of likely N-dealkylation sites (tertiary alicyclic amines) is 1. The van der Waals surface area contributed by atoms with E-state index in [-0.39, 0.29) is 6.03 Å². The van der Waals surface area contributed by atoms with Crippen LogP contribution in [0.4, 0.5) is 4.79 Å². The summed E-state index contributed by atoms with van der Waals surface area (Å²) in [4.78, 5) is 14.4. The topological polar surface area (TPSA) is 64.6 Å². The predicted molar refractivity (Wildman–Crippen MR) is 88.9 cm³/mol. The number of hydrogen-bond acceptors (Lipinski definition) is 3. The van der Waals surface area contributed by atoms with E-state index in [0.29, 0.717) is 19.1 Å². The summed E-state index contributed by atoms with van der Waals surface area (Å²) >= 11 is 0. The number of piperidine rings is 1. The Morgan fingerprint density at radius 2 is 1.86 bits per heavy atom. The van der Waals surface area contributed by atoms with Crippen LogP contribution in [-0.4, -0.2) is 53.9 Å². The molecule has 3 N–H and O–H groups in total. The van der Waals surface area contributed by atoms with Gasteiger partial charge in [-0.2, -0.15) is 0 Å². The maximum Gasteiger partial charge on any atom is 0.314 e. The van der Waals surface area contributed by atoms with Gasteiger partial charge in [-0.3, -0.25) is 4.90 Å². The first-order chi connectivity index (χ1) is 10.5. The van der Waals surface area contributed by atoms with E-state index in [4.69, 9.17) is 0 Å². The lowest BCUT2D eigenvalue weighted by atomic mass is 9.85. The van der Waals surface area contributed by atoms with Crippen LogP contribution in [0.5, 0.6) is 0 Å². The molecule has 0 bridgehead atoms. The number of carbonyl (C=O) groups is 1. The van der Waals surface area contributed by atoms with Crippen molar-refractivity contribution in [3.63, 3.8) is 0 Å². The zero-order valence-corrected chi connectivity index (χ0v) is 14.2. The Kier molecular flexibility index (Phi) is 6.50. The van der Waals surface area contributed by atoms with Gasteiger partial charge in [-0.25, -0.2) is 4.79 Å². The first kappa shape index (κ1) is 17.5. The summed E-state index contributed by atoms with van der Waals surface area (Å²) < 4.78 is 0. The number of rotatable bonds is 5. The molecule has 0 aromatic rings. The smallest absolute Gasteiger partial charge is 0.314 e. The Hall–Kier alpha value is -0.810. The van der Waals surface area contributed by atoms with E-state index in [1.807, 2.05) is 0 Å². The van der Waals surface area contributed by atoms with Crippen molar-refractivity contribution >= 4 is 6.03 Å². The number of hydrogen-bond donors (Lipinski definition) is 3. The Morgan fingerprint density at radius 3 is 2.50 bits per heavy atom. The van der Waals surface area contributed by atoms with Crippen LogP contribution in [0.15, 0.2) is 0 Å². The fraction of sp³-hybridized carbons (Fsp3) is 0.941. The molecular formula is C17H33N3O2. The number of amides is 2. The molecule has 0 spiro atoms. The number of nitrogens with one attached hydrogen (secondary N) is 2. The summed E-state index contributed by atoms with van der Waals surface area (Å²) in [5.41, 5.74) is -0.690. The van der Waals surface area contributed by atoms with E-state index in [1.165, 1.54) is 19.3 Å². The van der Waals surface area contributed by atoms with Crippen LogP contribution >= 0.6 is 0 Å². The summed E-state index contributed by atoms with van der Waals surface area (Å²) in [5, 5.41) is 16.2. The molecule has 5 nitrogen and oxygen atoms in total. The molecule has 2 aliphatic rings. The molecule has 2 fully saturated rings. The molecule has 128 valence electrons. The molecule has 1 saturated heterocycles. The standard InChI is InChI=1S/C17H33N3O2/c1-14-6-10-20(11-7-14)15(2)12-18-16(21)19-13-17(22)8-4-3-5-9-17/h14-15,22H,3-13H2,1-2H3,(H2,18,19,21). The van der Waals surface area contributed by atoms with Crippen molar-refractivity contribution in [1.29, 1.82) is 0 Å². The number of urea groups is 1. The van der Waals surface area contributed by atoms with E-state index < -0.39 is 5.60 Å². The third kappa shape index (κ3) is 5.43. The van der Waals surface area contributed by atoms with Crippen molar-refractivity contribution in [3.05, 3.63) is 0 Å². The molecule has 5 heteroatoms. The molecule has 0 radical (unpaired) electrons. The van der Waals surface area contributed by atoms with Gasteiger partial charge in [0.05, 0.1) is 5.60 Å². The predicted octanol–water partition coefficient (Wildman–Crippen LogP) is 2.10. The van der Waals surface area contributed by atoms with E-state index in [1.54, 1.807) is 0 Å². The molecule has 2 rings (SSSR count). The zero-order chi connectivity index (χ0) is 16.0. The van der Waals surface area contributed by atoms with Crippen molar-refractivity contribution in [2.45, 2.75) is 70.4 Å². The van der Waals surface area contributed by atoms with E-state index in [9.17, 15) is 9.90 Å². The monoisotopic (exact) mass is 311 g/mol. The lowest BCUT2D eigenvalue weighted by Gasteiger charge is -2.35. The highest BCUT2D eigenvalue weighted by Gasteiger charge is 2.29. The van der Waals surface area contributed by atoms with Crippen LogP contribution in [0.1, 0.15) is 58.8 Å². The van der Waals surface area contributed by atoms with Gasteiger partial charge in [0.15, 0.2) is 0 Å². The zero-order valence-electron chi connectivity index (χ0n) is 14.2. The molecule has 1 aliphatic heterocycles. The summed E-state index contributed by atoms with van der Waals surface area (Å²) in [5.74, 6) is 0.830. The second-order valence-corrected chi connectivity index (χ2v) is 7.42. The highest BCUT2D eigenvalue weighted by Crippen LogP contribution is 2.27. The number of carbonyl (C=O) groups excluding carboxylic acids is 1. The van der Waals surface area contributed by atoms with E-state index >= 15 is 0 Å². The SMILES string of the molecule is CC1CCN(C(C)CNC(=O)NCC2(O)CCCCC2)CC1. The Bertz CT molecular complexity index is 348. The third-order valence-corrected chi connectivity index (χ3v) is 5.36. The van der Waals surface area contributed by atoms with Gasteiger partial charge < -0.3 is 15.7 Å². The molecule has 22 heavy (non-hydrogen) atoms. The van der Waals surface area contributed by atoms with Crippen LogP contribution in [-0.2, 0) is 0 Å². The Balaban J connectivity index is 1.62. The molecule has 1 unspecified atom stereocenters. The Morgan fingerprint density at radius 1 is 1.23 bits per heavy atom. The fourth-order valence-corrected chi connectivity index (χ4v) is 3.53. The summed E-state index contributed by atoms with van der Waals surface area (Å²) in [6.07, 6.45) is 7.42. The van der Waals surface area contributed by atoms with E-state index in [0.717, 1.165) is 44.7 Å². The molecule has 1 atom stereocenters. The molecule has 1 heterocycles. The lowest BCUT2D eigenvalue weighted by Crippen LogP contribution is -2.50. The van der Waals surface area contributed by atoms with Gasteiger partial charge in [-0.05, 0) is 51.6 Å². The quantitative estimate of drug-likeness (QED) is 0.728. The largest absolute Gasteiger partial charge is 0.388 e. The second-order valence-electron chi connectivity index (χ2n) is 7.42. The molecule has 0 aromatic heterocycles. The maximum absolute atomic E-state index is 11.9. The van der Waals surface area contributed by atoms with Crippen LogP contribution < -0.4 is 10.6 Å². The number of nitrogens with zero attached hydrogens (tertiary/aromatic N) is 1. The molecule has 1 saturated carbocycles. The normalized spacial score (nSPS) is 24.7. The van der Waals surface area contributed by atoms with Crippen molar-refractivity contribution in [3.8, 4) is 0 Å². The summed E-state index contributed by atoms with van der Waals surface area (Å²) in [6.45, 7) is 7.78. The second kappa shape index (κ2) is 8.16. The molecule has 2 amide bonds. The van der Waals surface area contributed by atoms with Gasteiger partial charge in [0.1, 0.15) is 0 Å². The number of aliphatic hydroxyl groups is 1. The van der Waals surface area contributed by atoms with E-state index in [2.05, 4.69) is 29.4 Å². The maximum atomic E-state index is 11.9. The van der Waals surface area contributed by atoms with Gasteiger partial charge in [0, 0.05) is 19.1 Å². The third-order valence-electron chi connectivity index (χ3n) is 5.36. The molecule has 0 aromatic carbocycles. The highest BCUT2D eigenvalue weighted by molar-refractivity contribution is 5.73. The van der Waals surface area contributed by atoms with Gasteiger partial charge >= 0.3 is 6.03 Å². The van der Waals surface area contributed by atoms with Crippen molar-refractivity contribution in [2.24, 2.45) is 5.92 Å². The van der Waals surface area contributed by atoms with Crippen molar-refractivity contribution in [1.82, 2.24) is 15.5 Å². The Labute approximate surface area is 134 Å². The van der Waals surface area contributed by atoms with Crippen molar-refractivity contribution in [2.75, 3.05) is 26.2 Å². The molecular weight excluding hydrogens is 278 g/mol. The van der Waals surface area contributed by atoms with Crippen LogP contribution in [0.25, 0.3) is 0 Å². The van der Waals surface area contributed by atoms with Crippen LogP contribution in [0, 0.1) is 5.92 Å². The van der Waals surface area contributed by atoms with Crippen LogP contribution in [0.3, 0.4) is 0 Å². The van der Waals surface area contributed by atoms with Gasteiger partial charge in [0.2, 0.25) is 0 Å². The average molecular weight is 311 g/mol. The first-order valence-electron chi connectivity index (χ1n) is 8.97. The minimum atomic E-state index is -0.690. The van der Waals surface area contributed by atoms with Gasteiger partial charge in [-0.1, -0.05) is 26.2 Å². The van der Waals surface area contributed by atoms with Crippen molar-refractivity contribution < 1.29 is 9.90 Å². The minimum Gasteiger partial charge on any atom is -0.388 e. The fourth-order valence-electron chi connectivity index (χ4n) is 3.53. The summed E-state index contributed by atoms with van der Waals surface area (Å²) in [7, 11) is 0. The van der Waals surface area contributed by atoms with Gasteiger partial charge in [0.25, 0.3) is 0 Å². The van der Waals surface area contributed by atoms with Crippen LogP contribution in [0.2, 0.25) is 0 Å². The summed E-state index contributed by atoms with van der Waals surface area (Å²) in [6, 6.07) is 0.215.